The van der Waals surface area contributed by atoms with Gasteiger partial charge in [0, 0.05) is 6.42 Å². The van der Waals surface area contributed by atoms with Crippen molar-refractivity contribution in [3.8, 4) is 0 Å². The number of carboxylic acids is 1. The normalized spacial score (nSPS) is 16.7. The molecule has 0 saturated heterocycles. The fraction of sp³-hybridized carbons (Fsp3) is 0.722. The average Bonchev–Trinajstić information content (AvgIpc) is 2.70. The maximum absolute atomic E-state index is 12.6. The van der Waals surface area contributed by atoms with Gasteiger partial charge in [-0.2, -0.15) is 0 Å². The minimum atomic E-state index is -1.54. The Kier molecular flexibility index (Phi) is 12.3. The zero-order chi connectivity index (χ0) is 24.3. The van der Waals surface area contributed by atoms with Crippen molar-refractivity contribution in [2.24, 2.45) is 17.4 Å². The van der Waals surface area contributed by atoms with Gasteiger partial charge in [0.05, 0.1) is 12.7 Å². The lowest BCUT2D eigenvalue weighted by atomic mass is 9.98. The Hall–Kier alpha value is -2.77. The molecule has 0 bridgehead atoms. The van der Waals surface area contributed by atoms with E-state index < -0.39 is 72.4 Å². The van der Waals surface area contributed by atoms with Crippen LogP contribution in [0.15, 0.2) is 0 Å². The molecule has 0 aromatic carbocycles. The SMILES string of the molecule is CCC(C)C(NC(=O)C(NC(=O)C(CCC(N)=O)NC(=O)C(N)CO)C(C)O)C(=O)O. The molecule has 0 radical (unpaired) electrons. The molecular weight excluding hydrogens is 414 g/mol. The average molecular weight is 447 g/mol. The maximum atomic E-state index is 12.6. The molecule has 6 atom stereocenters. The van der Waals surface area contributed by atoms with E-state index >= 15 is 0 Å². The number of aliphatic hydroxyl groups is 2. The molecule has 0 spiro atoms. The summed E-state index contributed by atoms with van der Waals surface area (Å²) in [5, 5.41) is 35.0. The number of nitrogens with one attached hydrogen (secondary N) is 3. The highest BCUT2D eigenvalue weighted by atomic mass is 16.4. The number of carboxylic acid groups (broad SMARTS) is 1. The van der Waals surface area contributed by atoms with Crippen LogP contribution in [0.2, 0.25) is 0 Å². The monoisotopic (exact) mass is 447 g/mol. The van der Waals surface area contributed by atoms with Gasteiger partial charge in [0.1, 0.15) is 24.2 Å². The molecule has 10 N–H and O–H groups in total. The van der Waals surface area contributed by atoms with Crippen molar-refractivity contribution in [2.75, 3.05) is 6.61 Å². The number of primary amides is 1. The lowest BCUT2D eigenvalue weighted by molar-refractivity contribution is -0.144. The van der Waals surface area contributed by atoms with Crippen LogP contribution >= 0.6 is 0 Å². The quantitative estimate of drug-likeness (QED) is 0.132. The molecule has 0 heterocycles. The first-order valence-corrected chi connectivity index (χ1v) is 9.82. The molecule has 6 unspecified atom stereocenters. The second kappa shape index (κ2) is 13.5. The molecule has 0 rings (SSSR count). The van der Waals surface area contributed by atoms with Crippen LogP contribution in [0.3, 0.4) is 0 Å². The molecule has 0 aliphatic rings. The maximum Gasteiger partial charge on any atom is 0.326 e. The summed E-state index contributed by atoms with van der Waals surface area (Å²) in [6.45, 7) is 3.88. The second-order valence-corrected chi connectivity index (χ2v) is 7.29. The number of hydrogen-bond acceptors (Lipinski definition) is 8. The highest BCUT2D eigenvalue weighted by molar-refractivity contribution is 5.94. The van der Waals surface area contributed by atoms with Crippen molar-refractivity contribution in [3.63, 3.8) is 0 Å². The lowest BCUT2D eigenvalue weighted by Gasteiger charge is -2.27. The Bertz CT molecular complexity index is 657. The first-order valence-electron chi connectivity index (χ1n) is 9.82. The van der Waals surface area contributed by atoms with Gasteiger partial charge in [-0.05, 0) is 19.3 Å². The van der Waals surface area contributed by atoms with Gasteiger partial charge < -0.3 is 42.7 Å². The van der Waals surface area contributed by atoms with Crippen molar-refractivity contribution in [1.82, 2.24) is 16.0 Å². The van der Waals surface area contributed by atoms with Crippen molar-refractivity contribution >= 4 is 29.6 Å². The van der Waals surface area contributed by atoms with E-state index in [0.29, 0.717) is 6.42 Å². The van der Waals surface area contributed by atoms with Gasteiger partial charge in [-0.3, -0.25) is 19.2 Å². The smallest absolute Gasteiger partial charge is 0.326 e. The molecule has 0 saturated carbocycles. The third kappa shape index (κ3) is 9.72. The molecule has 0 aromatic rings. The number of hydrogen-bond donors (Lipinski definition) is 8. The number of carbonyl (C=O) groups is 5. The first kappa shape index (κ1) is 28.2. The van der Waals surface area contributed by atoms with E-state index in [1.807, 2.05) is 0 Å². The van der Waals surface area contributed by atoms with E-state index in [1.54, 1.807) is 13.8 Å². The van der Waals surface area contributed by atoms with E-state index in [0.717, 1.165) is 0 Å². The van der Waals surface area contributed by atoms with Gasteiger partial charge in [0.15, 0.2) is 0 Å². The third-order valence-electron chi connectivity index (χ3n) is 4.69. The van der Waals surface area contributed by atoms with Gasteiger partial charge in [-0.25, -0.2) is 4.79 Å². The van der Waals surface area contributed by atoms with Crippen LogP contribution in [0.1, 0.15) is 40.0 Å². The molecule has 13 nitrogen and oxygen atoms in total. The van der Waals surface area contributed by atoms with Gasteiger partial charge in [-0.15, -0.1) is 0 Å². The fourth-order valence-corrected chi connectivity index (χ4v) is 2.50. The van der Waals surface area contributed by atoms with Crippen LogP contribution in [0.4, 0.5) is 0 Å². The summed E-state index contributed by atoms with van der Waals surface area (Å²) in [5.74, 6) is -5.20. The summed E-state index contributed by atoms with van der Waals surface area (Å²) in [5.41, 5.74) is 10.5. The molecule has 178 valence electrons. The molecule has 0 aromatic heterocycles. The summed E-state index contributed by atoms with van der Waals surface area (Å²) in [4.78, 5) is 59.6. The first-order chi connectivity index (χ1) is 14.3. The third-order valence-corrected chi connectivity index (χ3v) is 4.69. The van der Waals surface area contributed by atoms with Crippen LogP contribution in [-0.2, 0) is 24.0 Å². The summed E-state index contributed by atoms with van der Waals surface area (Å²) in [6.07, 6.45) is -1.48. The number of rotatable bonds is 14. The summed E-state index contributed by atoms with van der Waals surface area (Å²) >= 11 is 0. The number of amides is 4. The van der Waals surface area contributed by atoms with Gasteiger partial charge in [0.2, 0.25) is 23.6 Å². The van der Waals surface area contributed by atoms with Crippen LogP contribution < -0.4 is 27.4 Å². The zero-order valence-corrected chi connectivity index (χ0v) is 17.8. The minimum absolute atomic E-state index is 0.232. The molecule has 31 heavy (non-hydrogen) atoms. The minimum Gasteiger partial charge on any atom is -0.480 e. The van der Waals surface area contributed by atoms with Crippen LogP contribution in [0, 0.1) is 5.92 Å². The molecule has 0 aliphatic carbocycles. The van der Waals surface area contributed by atoms with Gasteiger partial charge in [0.25, 0.3) is 0 Å². The van der Waals surface area contributed by atoms with Crippen molar-refractivity contribution in [1.29, 1.82) is 0 Å². The molecule has 13 heteroatoms. The highest BCUT2D eigenvalue weighted by Crippen LogP contribution is 2.09. The van der Waals surface area contributed by atoms with E-state index in [4.69, 9.17) is 16.6 Å². The van der Waals surface area contributed by atoms with E-state index in [-0.39, 0.29) is 12.8 Å². The fourth-order valence-electron chi connectivity index (χ4n) is 2.50. The summed E-state index contributed by atoms with van der Waals surface area (Å²) in [6, 6.07) is -5.47. The topological polar surface area (TPSA) is 234 Å². The van der Waals surface area contributed by atoms with Crippen LogP contribution in [0.5, 0.6) is 0 Å². The number of aliphatic hydroxyl groups excluding tert-OH is 2. The summed E-state index contributed by atoms with van der Waals surface area (Å²) < 4.78 is 0. The second-order valence-electron chi connectivity index (χ2n) is 7.29. The number of aliphatic carboxylic acids is 1. The lowest BCUT2D eigenvalue weighted by Crippen LogP contribution is -2.60. The number of nitrogens with two attached hydrogens (primary N) is 2. The Morgan fingerprint density at radius 3 is 1.90 bits per heavy atom. The van der Waals surface area contributed by atoms with E-state index in [1.165, 1.54) is 6.92 Å². The Labute approximate surface area is 179 Å². The molecule has 4 amide bonds. The molecule has 0 aliphatic heterocycles. The van der Waals surface area contributed by atoms with E-state index in [2.05, 4.69) is 16.0 Å². The summed E-state index contributed by atoms with van der Waals surface area (Å²) in [7, 11) is 0. The van der Waals surface area contributed by atoms with Crippen LogP contribution in [-0.4, -0.2) is 81.8 Å². The standard InChI is InChI=1S/C18H33N5O8/c1-4-8(2)13(18(30)31)22-17(29)14(9(3)25)23-16(28)11(5-6-12(20)26)21-15(27)10(19)7-24/h8-11,13-14,24-25H,4-7,19H2,1-3H3,(H2,20,26)(H,21,27)(H,22,29)(H,23,28)(H,30,31). The Morgan fingerprint density at radius 1 is 0.935 bits per heavy atom. The largest absolute Gasteiger partial charge is 0.480 e. The van der Waals surface area contributed by atoms with Crippen molar-refractivity contribution in [3.05, 3.63) is 0 Å². The van der Waals surface area contributed by atoms with E-state index in [9.17, 15) is 34.2 Å². The molecule has 0 fully saturated rings. The van der Waals surface area contributed by atoms with Crippen molar-refractivity contribution in [2.45, 2.75) is 70.3 Å². The predicted molar refractivity (Wildman–Crippen MR) is 108 cm³/mol. The van der Waals surface area contributed by atoms with Crippen LogP contribution in [0.25, 0.3) is 0 Å². The predicted octanol–water partition coefficient (Wildman–Crippen LogP) is -3.46. The highest BCUT2D eigenvalue weighted by Gasteiger charge is 2.34. The number of carbonyl (C=O) groups excluding carboxylic acids is 4. The Morgan fingerprint density at radius 2 is 1.48 bits per heavy atom. The Balaban J connectivity index is 5.47. The van der Waals surface area contributed by atoms with Gasteiger partial charge >= 0.3 is 5.97 Å². The van der Waals surface area contributed by atoms with Crippen molar-refractivity contribution < 1.29 is 39.3 Å². The zero-order valence-electron chi connectivity index (χ0n) is 17.8. The molecular formula is C18H33N5O8. The van der Waals surface area contributed by atoms with Gasteiger partial charge in [-0.1, -0.05) is 20.3 Å².